The fourth-order valence-electron chi connectivity index (χ4n) is 8.65. The van der Waals surface area contributed by atoms with E-state index in [9.17, 15) is 17.6 Å². The first-order chi connectivity index (χ1) is 23.2. The predicted octanol–water partition coefficient (Wildman–Crippen LogP) is 6.52. The number of amides is 1. The van der Waals surface area contributed by atoms with Gasteiger partial charge in [0.25, 0.3) is 5.91 Å². The number of fused-ring (bicyclic) bond motifs is 1. The van der Waals surface area contributed by atoms with Gasteiger partial charge in [-0.15, -0.1) is 0 Å². The molecule has 1 saturated heterocycles. The van der Waals surface area contributed by atoms with E-state index in [1.165, 1.54) is 41.7 Å². The van der Waals surface area contributed by atoms with Crippen LogP contribution in [0.5, 0.6) is 0 Å². The van der Waals surface area contributed by atoms with Crippen molar-refractivity contribution in [1.82, 2.24) is 5.32 Å². The Morgan fingerprint density at radius 3 is 2.41 bits per heavy atom. The maximum absolute atomic E-state index is 15.9. The van der Waals surface area contributed by atoms with Gasteiger partial charge in [0.15, 0.2) is 0 Å². The molecule has 1 aliphatic heterocycles. The van der Waals surface area contributed by atoms with Gasteiger partial charge in [-0.3, -0.25) is 9.10 Å². The van der Waals surface area contributed by atoms with Crippen LogP contribution in [0, 0.1) is 28.9 Å². The summed E-state index contributed by atoms with van der Waals surface area (Å²) in [6, 6.07) is 13.8. The van der Waals surface area contributed by atoms with Crippen molar-refractivity contribution in [2.45, 2.75) is 70.6 Å². The molecule has 0 spiro atoms. The first-order valence-electron chi connectivity index (χ1n) is 16.9. The summed E-state index contributed by atoms with van der Waals surface area (Å²) in [6.07, 6.45) is 4.72. The van der Waals surface area contributed by atoms with Crippen LogP contribution >= 0.6 is 0 Å². The quantitative estimate of drug-likeness (QED) is 0.212. The molecule has 256 valence electrons. The highest BCUT2D eigenvalue weighted by Crippen LogP contribution is 2.65. The summed E-state index contributed by atoms with van der Waals surface area (Å²) in [5.41, 5.74) is 2.69. The Kier molecular flexibility index (Phi) is 7.38. The second kappa shape index (κ2) is 11.1. The monoisotopic (exact) mass is 688 g/mol. The molecule has 4 aliphatic carbocycles. The van der Waals surface area contributed by atoms with E-state index < -0.39 is 34.4 Å². The van der Waals surface area contributed by atoms with E-state index in [1.807, 2.05) is 6.07 Å². The number of nitrogens with zero attached hydrogens (tertiary/aromatic N) is 1. The van der Waals surface area contributed by atoms with E-state index in [2.05, 4.69) is 26.1 Å². The van der Waals surface area contributed by atoms with Crippen LogP contribution in [-0.2, 0) is 25.9 Å². The minimum absolute atomic E-state index is 0.0853. The highest BCUT2D eigenvalue weighted by atomic mass is 32.2. The van der Waals surface area contributed by atoms with E-state index in [1.54, 1.807) is 18.2 Å². The second-order valence-corrected chi connectivity index (χ2v) is 16.9. The highest BCUT2D eigenvalue weighted by Gasteiger charge is 2.68. The molecule has 8 nitrogen and oxygen atoms in total. The Labute approximate surface area is 285 Å². The van der Waals surface area contributed by atoms with Gasteiger partial charge in [0.1, 0.15) is 23.0 Å². The predicted molar refractivity (Wildman–Crippen MR) is 184 cm³/mol. The number of carbonyl (C=O) groups is 1. The number of carbonyl (C=O) groups excluding carboxylic acids is 1. The summed E-state index contributed by atoms with van der Waals surface area (Å²) >= 11 is 0. The molecule has 49 heavy (non-hydrogen) atoms. The molecule has 5 fully saturated rings. The van der Waals surface area contributed by atoms with Crippen molar-refractivity contribution in [3.8, 4) is 11.3 Å². The van der Waals surface area contributed by atoms with Crippen molar-refractivity contribution in [3.05, 3.63) is 82.9 Å². The van der Waals surface area contributed by atoms with E-state index in [0.29, 0.717) is 45.1 Å². The Balaban J connectivity index is 1.14. The maximum atomic E-state index is 15.9. The summed E-state index contributed by atoms with van der Waals surface area (Å²) in [6.45, 7) is 6.51. The van der Waals surface area contributed by atoms with Crippen LogP contribution in [0.15, 0.2) is 59.0 Å². The van der Waals surface area contributed by atoms with Crippen LogP contribution in [0.1, 0.15) is 73.9 Å². The lowest BCUT2D eigenvalue weighted by Gasteiger charge is -2.64. The number of halogens is 2. The van der Waals surface area contributed by atoms with Gasteiger partial charge in [-0.2, -0.15) is 0 Å². The van der Waals surface area contributed by atoms with Crippen LogP contribution in [0.4, 0.5) is 14.5 Å². The van der Waals surface area contributed by atoms with E-state index in [-0.39, 0.29) is 41.2 Å². The lowest BCUT2D eigenvalue weighted by Crippen LogP contribution is -2.65. The van der Waals surface area contributed by atoms with Gasteiger partial charge in [-0.1, -0.05) is 26.0 Å². The molecule has 2 heterocycles. The van der Waals surface area contributed by atoms with Crippen LogP contribution in [0.2, 0.25) is 0 Å². The van der Waals surface area contributed by atoms with Crippen LogP contribution < -0.4 is 15.1 Å². The number of rotatable bonds is 8. The topological polar surface area (TPSA) is 98.1 Å². The second-order valence-electron chi connectivity index (χ2n) is 15.0. The molecule has 9 rings (SSSR count). The van der Waals surface area contributed by atoms with Crippen LogP contribution in [0.25, 0.3) is 22.3 Å². The zero-order valence-electron chi connectivity index (χ0n) is 28.2. The number of benzene rings is 3. The van der Waals surface area contributed by atoms with Crippen molar-refractivity contribution < 1.29 is 35.7 Å². The first kappa shape index (κ1) is 32.5. The minimum Gasteiger partial charge on any atom is -0.455 e. The zero-order chi connectivity index (χ0) is 34.6. The van der Waals surface area contributed by atoms with E-state index in [4.69, 9.17) is 13.7 Å². The van der Waals surface area contributed by atoms with Gasteiger partial charge >= 0.3 is 7.12 Å². The molecule has 1 N–H and O–H groups in total. The Morgan fingerprint density at radius 1 is 1.04 bits per heavy atom. The van der Waals surface area contributed by atoms with E-state index >= 15 is 4.39 Å². The molecule has 3 aromatic carbocycles. The van der Waals surface area contributed by atoms with Crippen molar-refractivity contribution in [2.24, 2.45) is 17.3 Å². The van der Waals surface area contributed by atoms with Crippen molar-refractivity contribution >= 4 is 45.2 Å². The van der Waals surface area contributed by atoms with Crippen LogP contribution in [-0.4, -0.2) is 46.5 Å². The summed E-state index contributed by atoms with van der Waals surface area (Å²) in [5, 5.41) is 3.19. The third-order valence-electron chi connectivity index (χ3n) is 11.7. The number of hydrogen-bond acceptors (Lipinski definition) is 6. The molecular weight excluding hydrogens is 649 g/mol. The molecule has 4 aromatic rings. The number of nitrogens with one attached hydrogen (secondary N) is 1. The molecule has 4 atom stereocenters. The molecule has 0 unspecified atom stereocenters. The number of furan rings is 1. The summed E-state index contributed by atoms with van der Waals surface area (Å²) in [7, 11) is -3.19. The third-order valence-corrected chi connectivity index (χ3v) is 12.8. The van der Waals surface area contributed by atoms with E-state index in [0.717, 1.165) is 37.5 Å². The summed E-state index contributed by atoms with van der Waals surface area (Å²) in [5.74, 6) is -0.0857. The average molecular weight is 689 g/mol. The van der Waals surface area contributed by atoms with Gasteiger partial charge in [-0.05, 0) is 103 Å². The van der Waals surface area contributed by atoms with Crippen LogP contribution in [0.3, 0.4) is 0 Å². The zero-order valence-corrected chi connectivity index (χ0v) is 29.0. The largest absolute Gasteiger partial charge is 0.497 e. The van der Waals surface area contributed by atoms with Crippen molar-refractivity contribution in [2.75, 3.05) is 17.6 Å². The Hall–Kier alpha value is -3.74. The van der Waals surface area contributed by atoms with Gasteiger partial charge in [-0.25, -0.2) is 17.2 Å². The molecule has 1 aromatic heterocycles. The highest BCUT2D eigenvalue weighted by molar-refractivity contribution is 7.92. The van der Waals surface area contributed by atoms with Crippen molar-refractivity contribution in [1.29, 1.82) is 0 Å². The van der Waals surface area contributed by atoms with Gasteiger partial charge in [0.2, 0.25) is 10.0 Å². The molecule has 12 heteroatoms. The normalized spacial score (nSPS) is 25.6. The molecule has 0 radical (unpaired) electrons. The fourth-order valence-corrected chi connectivity index (χ4v) is 9.55. The van der Waals surface area contributed by atoms with Crippen molar-refractivity contribution in [3.63, 3.8) is 0 Å². The SMILES string of the molecule is CNC(=O)c1c(-c2ccc(F)cc2)oc2cc(N(Cc3ccc(B4O[C@H]5C[C@H]6C[C@H](C6(C)C)[C@@]5(C)O4)c(F)c3)S(C)(=O)=O)c(C3CC3)cc12. The maximum Gasteiger partial charge on any atom is 0.497 e. The lowest BCUT2D eigenvalue weighted by molar-refractivity contribution is -0.199. The molecule has 5 aliphatic rings. The molecule has 1 amide bonds. The third kappa shape index (κ3) is 5.20. The smallest absolute Gasteiger partial charge is 0.455 e. The minimum atomic E-state index is -3.87. The summed E-state index contributed by atoms with van der Waals surface area (Å²) in [4.78, 5) is 13.2. The van der Waals surface area contributed by atoms with Gasteiger partial charge in [0.05, 0.1) is 35.8 Å². The number of hydrogen-bond donors (Lipinski definition) is 1. The molecule has 4 saturated carbocycles. The molecular formula is C37H39BF2N2O6S. The standard InChI is InChI=1S/C37H39BF2N2O6S/c1-36(2)23-15-31(36)37(3)32(16-23)47-38(48-37)27-13-6-20(14-28(27)40)19-42(49(5,44)45)29-18-30-26(17-25(29)21-7-8-21)33(35(43)41-4)34(46-30)22-9-11-24(39)12-10-22/h6,9-14,17-18,21,23,31-32H,7-8,15-16,19H2,1-5H3,(H,41,43)/t23-,31-,32+,37-/m1/s1. The number of sulfonamides is 1. The Bertz CT molecular complexity index is 2120. The van der Waals surface area contributed by atoms with Gasteiger partial charge in [0, 0.05) is 29.5 Å². The van der Waals surface area contributed by atoms with Gasteiger partial charge < -0.3 is 19.0 Å². The Morgan fingerprint density at radius 2 is 1.78 bits per heavy atom. The fraction of sp³-hybridized carbons (Fsp3) is 0.432. The first-order valence-corrected chi connectivity index (χ1v) is 18.7. The molecule has 2 bridgehead atoms. The summed E-state index contributed by atoms with van der Waals surface area (Å²) < 4.78 is 76.8. The average Bonchev–Trinajstić information content (AvgIpc) is 3.73. The number of anilines is 1. The lowest BCUT2D eigenvalue weighted by atomic mass is 9.43.